The van der Waals surface area contributed by atoms with Gasteiger partial charge in [0.1, 0.15) is 0 Å². The van der Waals surface area contributed by atoms with Crippen molar-refractivity contribution in [1.29, 1.82) is 0 Å². The predicted molar refractivity (Wildman–Crippen MR) is 67.2 cm³/mol. The Morgan fingerprint density at radius 3 is 3.00 bits per heavy atom. The summed E-state index contributed by atoms with van der Waals surface area (Å²) in [6.45, 7) is 3.18. The van der Waals surface area contributed by atoms with Crippen molar-refractivity contribution in [2.24, 2.45) is 7.05 Å². The van der Waals surface area contributed by atoms with Crippen molar-refractivity contribution in [2.45, 2.75) is 25.8 Å². The molecule has 5 nitrogen and oxygen atoms in total. The number of hydrogen-bond donors (Lipinski definition) is 0. The van der Waals surface area contributed by atoms with E-state index < -0.39 is 0 Å². The number of rotatable bonds is 2. The van der Waals surface area contributed by atoms with Gasteiger partial charge in [0.15, 0.2) is 0 Å². The topological polar surface area (TPSA) is 46.8 Å². The van der Waals surface area contributed by atoms with E-state index in [1.807, 2.05) is 18.4 Å². The average Bonchev–Trinajstić information content (AvgIpc) is 2.97. The highest BCUT2D eigenvalue weighted by molar-refractivity contribution is 7.10. The molecule has 1 aliphatic rings. The van der Waals surface area contributed by atoms with Crippen molar-refractivity contribution in [2.75, 3.05) is 11.4 Å². The van der Waals surface area contributed by atoms with Crippen molar-refractivity contribution >= 4 is 17.3 Å². The molecule has 0 N–H and O–H groups in total. The number of tetrazole rings is 1. The zero-order chi connectivity index (χ0) is 11.8. The average molecular weight is 249 g/mol. The first-order chi connectivity index (χ1) is 8.25. The molecular formula is C11H15N5S. The molecule has 1 atom stereocenters. The van der Waals surface area contributed by atoms with Crippen molar-refractivity contribution < 1.29 is 0 Å². The quantitative estimate of drug-likeness (QED) is 0.816. The van der Waals surface area contributed by atoms with Crippen LogP contribution >= 0.6 is 11.3 Å². The first-order valence-electron chi connectivity index (χ1n) is 5.80. The van der Waals surface area contributed by atoms with E-state index in [1.165, 1.54) is 23.3 Å². The lowest BCUT2D eigenvalue weighted by Gasteiger charge is -2.23. The van der Waals surface area contributed by atoms with Gasteiger partial charge in [-0.15, -0.1) is 11.3 Å². The molecule has 0 amide bonds. The monoisotopic (exact) mass is 249 g/mol. The highest BCUT2D eigenvalue weighted by Crippen LogP contribution is 2.37. The molecule has 6 heteroatoms. The van der Waals surface area contributed by atoms with Gasteiger partial charge in [0.2, 0.25) is 5.95 Å². The predicted octanol–water partition coefficient (Wildman–Crippen LogP) is 1.92. The van der Waals surface area contributed by atoms with Gasteiger partial charge < -0.3 is 4.90 Å². The van der Waals surface area contributed by atoms with E-state index in [4.69, 9.17) is 0 Å². The molecule has 0 aliphatic carbocycles. The number of hydrogen-bond acceptors (Lipinski definition) is 5. The summed E-state index contributed by atoms with van der Waals surface area (Å²) in [6, 6.07) is 2.72. The normalized spacial score (nSPS) is 20.1. The van der Waals surface area contributed by atoms with E-state index >= 15 is 0 Å². The first kappa shape index (κ1) is 10.7. The summed E-state index contributed by atoms with van der Waals surface area (Å²) in [7, 11) is 1.89. The largest absolute Gasteiger partial charge is 0.332 e. The zero-order valence-corrected chi connectivity index (χ0v) is 10.8. The number of aromatic nitrogens is 4. The number of thiophene rings is 1. The second kappa shape index (κ2) is 4.10. The zero-order valence-electron chi connectivity index (χ0n) is 10.00. The summed E-state index contributed by atoms with van der Waals surface area (Å²) in [6.07, 6.45) is 2.39. The van der Waals surface area contributed by atoms with E-state index in [2.05, 4.69) is 38.8 Å². The number of nitrogens with zero attached hydrogens (tertiary/aromatic N) is 5. The van der Waals surface area contributed by atoms with Crippen LogP contribution in [0.5, 0.6) is 0 Å². The molecule has 1 fully saturated rings. The van der Waals surface area contributed by atoms with Gasteiger partial charge in [-0.2, -0.15) is 0 Å². The fraction of sp³-hybridized carbons (Fsp3) is 0.545. The van der Waals surface area contributed by atoms with Gasteiger partial charge in [-0.3, -0.25) is 0 Å². The van der Waals surface area contributed by atoms with Gasteiger partial charge in [-0.1, -0.05) is 5.10 Å². The molecule has 2 aromatic heterocycles. The van der Waals surface area contributed by atoms with Crippen molar-refractivity contribution in [3.05, 3.63) is 21.9 Å². The Morgan fingerprint density at radius 1 is 1.47 bits per heavy atom. The summed E-state index contributed by atoms with van der Waals surface area (Å²) in [4.78, 5) is 3.73. The highest BCUT2D eigenvalue weighted by Gasteiger charge is 2.30. The lowest BCUT2D eigenvalue weighted by atomic mass is 10.1. The molecule has 0 saturated carbocycles. The minimum absolute atomic E-state index is 0.443. The molecule has 1 aliphatic heterocycles. The summed E-state index contributed by atoms with van der Waals surface area (Å²) in [5.41, 5.74) is 1.34. The minimum atomic E-state index is 0.443. The Labute approximate surface area is 104 Å². The third-order valence-electron chi connectivity index (χ3n) is 3.19. The second-order valence-corrected chi connectivity index (χ2v) is 5.42. The van der Waals surface area contributed by atoms with Crippen LogP contribution in [-0.4, -0.2) is 26.8 Å². The van der Waals surface area contributed by atoms with Crippen LogP contribution in [0.15, 0.2) is 11.4 Å². The molecule has 0 spiro atoms. The van der Waals surface area contributed by atoms with Crippen molar-refractivity contribution in [1.82, 2.24) is 20.2 Å². The summed E-state index contributed by atoms with van der Waals surface area (Å²) >= 11 is 1.83. The van der Waals surface area contributed by atoms with Crippen LogP contribution in [0.2, 0.25) is 0 Å². The van der Waals surface area contributed by atoms with Gasteiger partial charge in [0.25, 0.3) is 0 Å². The maximum absolute atomic E-state index is 4.11. The van der Waals surface area contributed by atoms with Crippen LogP contribution < -0.4 is 4.90 Å². The fourth-order valence-electron chi connectivity index (χ4n) is 2.40. The molecule has 1 saturated heterocycles. The van der Waals surface area contributed by atoms with Crippen LogP contribution in [0.1, 0.15) is 29.3 Å². The highest BCUT2D eigenvalue weighted by atomic mass is 32.1. The van der Waals surface area contributed by atoms with E-state index in [1.54, 1.807) is 4.68 Å². The number of aryl methyl sites for hydroxylation is 2. The van der Waals surface area contributed by atoms with Gasteiger partial charge in [0.05, 0.1) is 6.04 Å². The Hall–Kier alpha value is -1.43. The molecule has 3 rings (SSSR count). The van der Waals surface area contributed by atoms with Crippen molar-refractivity contribution in [3.8, 4) is 0 Å². The van der Waals surface area contributed by atoms with Gasteiger partial charge in [-0.25, -0.2) is 4.68 Å². The van der Waals surface area contributed by atoms with Gasteiger partial charge in [0, 0.05) is 18.5 Å². The summed E-state index contributed by atoms with van der Waals surface area (Å²) in [5.74, 6) is 0.874. The van der Waals surface area contributed by atoms with E-state index in [0.717, 1.165) is 12.5 Å². The van der Waals surface area contributed by atoms with Crippen LogP contribution in [0, 0.1) is 6.92 Å². The molecule has 3 heterocycles. The summed E-state index contributed by atoms with van der Waals surface area (Å²) in [5, 5.41) is 14.0. The lowest BCUT2D eigenvalue weighted by Crippen LogP contribution is -2.25. The lowest BCUT2D eigenvalue weighted by molar-refractivity contribution is 0.663. The van der Waals surface area contributed by atoms with Gasteiger partial charge in [-0.05, 0) is 47.2 Å². The third-order valence-corrected chi connectivity index (χ3v) is 4.34. The van der Waals surface area contributed by atoms with Gasteiger partial charge >= 0.3 is 0 Å². The van der Waals surface area contributed by atoms with E-state index in [0.29, 0.717) is 6.04 Å². The summed E-state index contributed by atoms with van der Waals surface area (Å²) < 4.78 is 1.75. The Morgan fingerprint density at radius 2 is 2.35 bits per heavy atom. The molecule has 90 valence electrons. The molecule has 17 heavy (non-hydrogen) atoms. The van der Waals surface area contributed by atoms with Crippen LogP contribution in [0.25, 0.3) is 0 Å². The minimum Gasteiger partial charge on any atom is -0.332 e. The Bertz CT molecular complexity index is 517. The third kappa shape index (κ3) is 1.82. The smallest absolute Gasteiger partial charge is 0.245 e. The SMILES string of the molecule is Cc1csc(C2CCCN2c2nnnn2C)c1. The number of anilines is 1. The Balaban J connectivity index is 1.93. The molecule has 1 unspecified atom stereocenters. The molecule has 0 radical (unpaired) electrons. The van der Waals surface area contributed by atoms with E-state index in [-0.39, 0.29) is 0 Å². The standard InChI is InChI=1S/C11H15N5S/c1-8-6-10(17-7-8)9-4-3-5-16(9)11-12-13-14-15(11)2/h6-7,9H,3-5H2,1-2H3. The maximum Gasteiger partial charge on any atom is 0.245 e. The Kier molecular flexibility index (Phi) is 2.58. The molecular weight excluding hydrogens is 234 g/mol. The van der Waals surface area contributed by atoms with E-state index in [9.17, 15) is 0 Å². The molecule has 2 aromatic rings. The first-order valence-corrected chi connectivity index (χ1v) is 6.67. The molecule has 0 bridgehead atoms. The second-order valence-electron chi connectivity index (χ2n) is 4.48. The van der Waals surface area contributed by atoms with Crippen LogP contribution in [0.4, 0.5) is 5.95 Å². The van der Waals surface area contributed by atoms with Crippen LogP contribution in [0.3, 0.4) is 0 Å². The fourth-order valence-corrected chi connectivity index (χ4v) is 3.44. The molecule has 0 aromatic carbocycles. The maximum atomic E-state index is 4.11. The van der Waals surface area contributed by atoms with Crippen molar-refractivity contribution in [3.63, 3.8) is 0 Å². The van der Waals surface area contributed by atoms with Crippen LogP contribution in [-0.2, 0) is 7.05 Å².